The van der Waals surface area contributed by atoms with Gasteiger partial charge in [-0.2, -0.15) is 0 Å². The lowest BCUT2D eigenvalue weighted by atomic mass is 10.0. The lowest BCUT2D eigenvalue weighted by Crippen LogP contribution is -2.15. The molecule has 0 spiro atoms. The first kappa shape index (κ1) is 13.5. The molecule has 0 fully saturated rings. The fraction of sp³-hybridized carbons (Fsp3) is 0.238. The topological polar surface area (TPSA) is 9.23 Å². The van der Waals surface area contributed by atoms with Crippen LogP contribution in [0.5, 0.6) is 5.75 Å². The van der Waals surface area contributed by atoms with E-state index in [4.69, 9.17) is 4.74 Å². The summed E-state index contributed by atoms with van der Waals surface area (Å²) < 4.78 is 6.50. The Balaban J connectivity index is 1.67. The minimum Gasteiger partial charge on any atom is -0.483 e. The van der Waals surface area contributed by atoms with E-state index in [2.05, 4.69) is 68.4 Å². The third kappa shape index (κ3) is 1.88. The number of benzene rings is 3. The minimum atomic E-state index is 0.135. The molecule has 114 valence electrons. The van der Waals surface area contributed by atoms with Gasteiger partial charge in [-0.3, -0.25) is 0 Å². The first-order valence-corrected chi connectivity index (χ1v) is 9.09. The Morgan fingerprint density at radius 1 is 0.957 bits per heavy atom. The van der Waals surface area contributed by atoms with E-state index in [-0.39, 0.29) is 6.10 Å². The second kappa shape index (κ2) is 4.78. The average Bonchev–Trinajstić information content (AvgIpc) is 2.88. The molecule has 0 bridgehead atoms. The minimum absolute atomic E-state index is 0.135. The van der Waals surface area contributed by atoms with E-state index in [0.717, 1.165) is 5.75 Å². The Hall–Kier alpha value is -1.93. The standard InChI is InChI=1S/C21H18OS/c1-12(2)14-9-10-18-17(11-14)22-20-15-7-3-5-13-6-4-8-16(19(13)15)21(20)23-18/h3-12,20-21H,1-2H3/t20-,21+/m1/s1. The van der Waals surface area contributed by atoms with Crippen molar-refractivity contribution in [3.8, 4) is 5.75 Å². The highest BCUT2D eigenvalue weighted by molar-refractivity contribution is 7.99. The van der Waals surface area contributed by atoms with Crippen molar-refractivity contribution in [2.75, 3.05) is 0 Å². The van der Waals surface area contributed by atoms with Gasteiger partial charge in [-0.25, -0.2) is 0 Å². The van der Waals surface area contributed by atoms with Gasteiger partial charge in [0.15, 0.2) is 0 Å². The van der Waals surface area contributed by atoms with Gasteiger partial charge in [-0.15, -0.1) is 11.8 Å². The van der Waals surface area contributed by atoms with Crippen LogP contribution in [-0.4, -0.2) is 0 Å². The Morgan fingerprint density at radius 2 is 1.74 bits per heavy atom. The predicted octanol–water partition coefficient (Wildman–Crippen LogP) is 6.24. The van der Waals surface area contributed by atoms with Crippen LogP contribution in [0.15, 0.2) is 59.5 Å². The molecule has 1 heterocycles. The van der Waals surface area contributed by atoms with Crippen LogP contribution in [0.25, 0.3) is 10.8 Å². The van der Waals surface area contributed by atoms with Gasteiger partial charge >= 0.3 is 0 Å². The molecule has 2 heteroatoms. The fourth-order valence-electron chi connectivity index (χ4n) is 3.80. The molecule has 0 N–H and O–H groups in total. The van der Waals surface area contributed by atoms with E-state index < -0.39 is 0 Å². The predicted molar refractivity (Wildman–Crippen MR) is 96.4 cm³/mol. The normalized spacial score (nSPS) is 21.2. The van der Waals surface area contributed by atoms with Crippen LogP contribution in [0.3, 0.4) is 0 Å². The zero-order valence-electron chi connectivity index (χ0n) is 13.2. The van der Waals surface area contributed by atoms with Crippen molar-refractivity contribution in [1.29, 1.82) is 0 Å². The van der Waals surface area contributed by atoms with Gasteiger partial charge < -0.3 is 4.74 Å². The molecule has 2 aliphatic rings. The Labute approximate surface area is 140 Å². The summed E-state index contributed by atoms with van der Waals surface area (Å²) in [5, 5.41) is 3.09. The van der Waals surface area contributed by atoms with Crippen LogP contribution < -0.4 is 4.74 Å². The van der Waals surface area contributed by atoms with Crippen LogP contribution in [0, 0.1) is 0 Å². The third-order valence-electron chi connectivity index (χ3n) is 5.00. The van der Waals surface area contributed by atoms with Crippen LogP contribution in [0.2, 0.25) is 0 Å². The number of hydrogen-bond donors (Lipinski definition) is 0. The highest BCUT2D eigenvalue weighted by atomic mass is 32.2. The SMILES string of the molecule is CC(C)c1ccc2c(c1)O[C@@H]1c3cccc4cccc(c34)[C@@H]1S2. The molecule has 23 heavy (non-hydrogen) atoms. The molecule has 0 amide bonds. The maximum Gasteiger partial charge on any atom is 0.141 e. The van der Waals surface area contributed by atoms with Crippen LogP contribution >= 0.6 is 11.8 Å². The third-order valence-corrected chi connectivity index (χ3v) is 6.35. The maximum absolute atomic E-state index is 6.50. The van der Waals surface area contributed by atoms with Gasteiger partial charge in [0.05, 0.1) is 10.1 Å². The summed E-state index contributed by atoms with van der Waals surface area (Å²) in [5.41, 5.74) is 4.11. The molecule has 1 aliphatic heterocycles. The quantitative estimate of drug-likeness (QED) is 0.525. The van der Waals surface area contributed by atoms with Crippen molar-refractivity contribution in [3.63, 3.8) is 0 Å². The van der Waals surface area contributed by atoms with Crippen molar-refractivity contribution in [2.45, 2.75) is 36.0 Å². The van der Waals surface area contributed by atoms with Crippen LogP contribution in [0.1, 0.15) is 47.8 Å². The Bertz CT molecular complexity index is 923. The second-order valence-corrected chi connectivity index (χ2v) is 7.91. The van der Waals surface area contributed by atoms with Crippen molar-refractivity contribution >= 4 is 22.5 Å². The molecule has 0 radical (unpaired) electrons. The lowest BCUT2D eigenvalue weighted by molar-refractivity contribution is 0.198. The van der Waals surface area contributed by atoms with Crippen molar-refractivity contribution in [2.24, 2.45) is 0 Å². The zero-order valence-corrected chi connectivity index (χ0v) is 14.1. The number of fused-ring (bicyclic) bond motifs is 4. The van der Waals surface area contributed by atoms with Gasteiger partial charge in [0.1, 0.15) is 11.9 Å². The van der Waals surface area contributed by atoms with Gasteiger partial charge in [-0.05, 0) is 39.9 Å². The summed E-state index contributed by atoms with van der Waals surface area (Å²) >= 11 is 1.95. The molecule has 3 aromatic rings. The monoisotopic (exact) mass is 318 g/mol. The van der Waals surface area contributed by atoms with E-state index in [1.807, 2.05) is 11.8 Å². The largest absolute Gasteiger partial charge is 0.483 e. The molecule has 1 nitrogen and oxygen atoms in total. The highest BCUT2D eigenvalue weighted by Crippen LogP contribution is 2.59. The molecule has 5 rings (SSSR count). The summed E-state index contributed by atoms with van der Waals surface area (Å²) in [5.74, 6) is 1.57. The van der Waals surface area contributed by atoms with E-state index in [1.54, 1.807) is 0 Å². The number of hydrogen-bond acceptors (Lipinski definition) is 2. The molecular weight excluding hydrogens is 300 g/mol. The summed E-state index contributed by atoms with van der Waals surface area (Å²) in [6.45, 7) is 4.46. The zero-order chi connectivity index (χ0) is 15.6. The molecule has 0 aromatic heterocycles. The molecule has 2 atom stereocenters. The van der Waals surface area contributed by atoms with Gasteiger partial charge in [-0.1, -0.05) is 56.3 Å². The molecule has 0 saturated heterocycles. The molecule has 3 aromatic carbocycles. The second-order valence-electron chi connectivity index (χ2n) is 6.73. The smallest absolute Gasteiger partial charge is 0.141 e. The fourth-order valence-corrected chi connectivity index (χ4v) is 5.09. The number of thioether (sulfide) groups is 1. The molecule has 1 aliphatic carbocycles. The maximum atomic E-state index is 6.50. The Kier molecular flexibility index (Phi) is 2.81. The van der Waals surface area contributed by atoms with Crippen molar-refractivity contribution in [3.05, 3.63) is 71.3 Å². The first-order chi connectivity index (χ1) is 11.2. The van der Waals surface area contributed by atoms with Gasteiger partial charge in [0, 0.05) is 5.56 Å². The van der Waals surface area contributed by atoms with Crippen LogP contribution in [-0.2, 0) is 0 Å². The summed E-state index contributed by atoms with van der Waals surface area (Å²) in [6.07, 6.45) is 0.135. The van der Waals surface area contributed by atoms with E-state index in [1.165, 1.54) is 32.4 Å². The van der Waals surface area contributed by atoms with Crippen molar-refractivity contribution < 1.29 is 4.74 Å². The van der Waals surface area contributed by atoms with E-state index >= 15 is 0 Å². The lowest BCUT2D eigenvalue weighted by Gasteiger charge is -2.30. The Morgan fingerprint density at radius 3 is 2.52 bits per heavy atom. The molecule has 0 unspecified atom stereocenters. The van der Waals surface area contributed by atoms with Crippen molar-refractivity contribution in [1.82, 2.24) is 0 Å². The van der Waals surface area contributed by atoms with Crippen LogP contribution in [0.4, 0.5) is 0 Å². The van der Waals surface area contributed by atoms with Gasteiger partial charge in [0.25, 0.3) is 0 Å². The summed E-state index contributed by atoms with van der Waals surface area (Å²) in [7, 11) is 0. The first-order valence-electron chi connectivity index (χ1n) is 8.21. The summed E-state index contributed by atoms with van der Waals surface area (Å²) in [6, 6.07) is 19.9. The number of rotatable bonds is 1. The van der Waals surface area contributed by atoms with E-state index in [0.29, 0.717) is 11.2 Å². The number of ether oxygens (including phenoxy) is 1. The van der Waals surface area contributed by atoms with Gasteiger partial charge in [0.2, 0.25) is 0 Å². The molecule has 0 saturated carbocycles. The van der Waals surface area contributed by atoms with E-state index in [9.17, 15) is 0 Å². The molecular formula is C21H18OS. The average molecular weight is 318 g/mol. The highest BCUT2D eigenvalue weighted by Gasteiger charge is 2.40. The summed E-state index contributed by atoms with van der Waals surface area (Å²) in [4.78, 5) is 1.26.